The van der Waals surface area contributed by atoms with Crippen molar-refractivity contribution < 1.29 is 13.6 Å². The van der Waals surface area contributed by atoms with E-state index in [4.69, 9.17) is 0 Å². The van der Waals surface area contributed by atoms with Crippen LogP contribution in [0.25, 0.3) is 0 Å². The van der Waals surface area contributed by atoms with Crippen molar-refractivity contribution in [2.75, 3.05) is 11.4 Å². The van der Waals surface area contributed by atoms with Gasteiger partial charge in [-0.05, 0) is 44.0 Å². The first kappa shape index (κ1) is 13.7. The van der Waals surface area contributed by atoms with Crippen molar-refractivity contribution in [2.45, 2.75) is 19.8 Å². The minimum Gasteiger partial charge on any atom is -0.304 e. The Labute approximate surface area is 121 Å². The number of aromatic nitrogens is 1. The number of fused-ring (bicyclic) bond motifs is 1. The Morgan fingerprint density at radius 3 is 2.71 bits per heavy atom. The second-order valence-electron chi connectivity index (χ2n) is 5.08. The zero-order chi connectivity index (χ0) is 15.0. The summed E-state index contributed by atoms with van der Waals surface area (Å²) in [5.41, 5.74) is 1.26. The Morgan fingerprint density at radius 2 is 1.95 bits per heavy atom. The zero-order valence-corrected chi connectivity index (χ0v) is 11.6. The molecule has 0 aliphatic carbocycles. The third-order valence-corrected chi connectivity index (χ3v) is 3.61. The minimum atomic E-state index is -0.577. The summed E-state index contributed by atoms with van der Waals surface area (Å²) in [6, 6.07) is 7.25. The van der Waals surface area contributed by atoms with Crippen LogP contribution in [0.2, 0.25) is 0 Å². The Balaban J connectivity index is 2.06. The van der Waals surface area contributed by atoms with Crippen molar-refractivity contribution in [2.24, 2.45) is 0 Å². The van der Waals surface area contributed by atoms with Crippen molar-refractivity contribution in [1.82, 2.24) is 4.98 Å². The van der Waals surface area contributed by atoms with E-state index in [2.05, 4.69) is 4.98 Å². The lowest BCUT2D eigenvalue weighted by atomic mass is 10.00. The molecule has 1 aliphatic rings. The molecule has 2 aromatic rings. The van der Waals surface area contributed by atoms with E-state index in [0.717, 1.165) is 12.1 Å². The maximum absolute atomic E-state index is 14.1. The predicted molar refractivity (Wildman–Crippen MR) is 75.3 cm³/mol. The molecule has 1 aromatic heterocycles. The van der Waals surface area contributed by atoms with Gasteiger partial charge in [0.1, 0.15) is 17.3 Å². The fraction of sp³-hybridized carbons (Fsp3) is 0.250. The molecule has 0 N–H and O–H groups in total. The molecular weight excluding hydrogens is 274 g/mol. The monoisotopic (exact) mass is 288 g/mol. The van der Waals surface area contributed by atoms with Crippen LogP contribution in [-0.4, -0.2) is 17.4 Å². The molecule has 108 valence electrons. The van der Waals surface area contributed by atoms with Gasteiger partial charge in [-0.3, -0.25) is 4.79 Å². The highest BCUT2D eigenvalue weighted by atomic mass is 19.1. The highest BCUT2D eigenvalue weighted by Gasteiger charge is 2.29. The summed E-state index contributed by atoms with van der Waals surface area (Å²) >= 11 is 0. The summed E-state index contributed by atoms with van der Waals surface area (Å²) in [5, 5.41) is 0. The van der Waals surface area contributed by atoms with Gasteiger partial charge in [0, 0.05) is 17.8 Å². The summed E-state index contributed by atoms with van der Waals surface area (Å²) in [6.07, 6.45) is 1.04. The second-order valence-corrected chi connectivity index (χ2v) is 5.08. The van der Waals surface area contributed by atoms with Crippen LogP contribution in [0, 0.1) is 18.6 Å². The molecule has 0 bridgehead atoms. The molecule has 1 aromatic carbocycles. The normalized spacial score (nSPS) is 14.0. The topological polar surface area (TPSA) is 33.2 Å². The third-order valence-electron chi connectivity index (χ3n) is 3.61. The Hall–Kier alpha value is -2.30. The number of nitrogens with zero attached hydrogens (tertiary/aromatic N) is 2. The Morgan fingerprint density at radius 1 is 1.19 bits per heavy atom. The van der Waals surface area contributed by atoms with E-state index in [9.17, 15) is 13.6 Å². The van der Waals surface area contributed by atoms with Crippen LogP contribution in [0.3, 0.4) is 0 Å². The van der Waals surface area contributed by atoms with E-state index in [-0.39, 0.29) is 16.9 Å². The number of anilines is 1. The summed E-state index contributed by atoms with van der Waals surface area (Å²) in [6.45, 7) is 2.14. The molecule has 0 saturated carbocycles. The molecule has 3 rings (SSSR count). The van der Waals surface area contributed by atoms with Gasteiger partial charge in [0.2, 0.25) is 0 Å². The van der Waals surface area contributed by atoms with Crippen LogP contribution in [-0.2, 0) is 6.42 Å². The largest absolute Gasteiger partial charge is 0.304 e. The maximum atomic E-state index is 14.1. The molecule has 0 atom stereocenters. The molecule has 5 heteroatoms. The highest BCUT2D eigenvalue weighted by Crippen LogP contribution is 2.32. The standard InChI is InChI=1S/C16H14F2N2O/c1-10-4-2-6-14(19-10)16(21)20-9-3-5-11-12(17)7-8-13(18)15(11)20/h2,4,6-8H,3,5,9H2,1H3. The van der Waals surface area contributed by atoms with Crippen LogP contribution in [0.4, 0.5) is 14.5 Å². The lowest BCUT2D eigenvalue weighted by Gasteiger charge is -2.29. The summed E-state index contributed by atoms with van der Waals surface area (Å²) in [4.78, 5) is 18.0. The predicted octanol–water partition coefficient (Wildman–Crippen LogP) is 3.26. The quantitative estimate of drug-likeness (QED) is 0.807. The highest BCUT2D eigenvalue weighted by molar-refractivity contribution is 6.05. The molecule has 0 radical (unpaired) electrons. The van der Waals surface area contributed by atoms with Gasteiger partial charge in [-0.15, -0.1) is 0 Å². The van der Waals surface area contributed by atoms with Crippen molar-refractivity contribution in [3.05, 3.63) is 58.9 Å². The van der Waals surface area contributed by atoms with Gasteiger partial charge in [0.25, 0.3) is 5.91 Å². The number of rotatable bonds is 1. The van der Waals surface area contributed by atoms with Crippen molar-refractivity contribution >= 4 is 11.6 Å². The van der Waals surface area contributed by atoms with Crippen LogP contribution >= 0.6 is 0 Å². The fourth-order valence-corrected chi connectivity index (χ4v) is 2.64. The first-order chi connectivity index (χ1) is 10.1. The molecular formula is C16H14F2N2O. The number of aryl methyl sites for hydroxylation is 1. The number of hydrogen-bond donors (Lipinski definition) is 0. The van der Waals surface area contributed by atoms with Crippen molar-refractivity contribution in [3.63, 3.8) is 0 Å². The van der Waals surface area contributed by atoms with Gasteiger partial charge in [-0.25, -0.2) is 13.8 Å². The SMILES string of the molecule is Cc1cccc(C(=O)N2CCCc3c(F)ccc(F)c32)n1. The molecule has 0 spiro atoms. The minimum absolute atomic E-state index is 0.0505. The lowest BCUT2D eigenvalue weighted by Crippen LogP contribution is -2.37. The van der Waals surface area contributed by atoms with Gasteiger partial charge in [0.05, 0.1) is 5.69 Å². The van der Waals surface area contributed by atoms with Gasteiger partial charge < -0.3 is 4.90 Å². The summed E-state index contributed by atoms with van der Waals surface area (Å²) < 4.78 is 27.9. The molecule has 0 saturated heterocycles. The number of halogens is 2. The van der Waals surface area contributed by atoms with E-state index in [1.54, 1.807) is 25.1 Å². The molecule has 2 heterocycles. The third kappa shape index (κ3) is 2.39. The zero-order valence-electron chi connectivity index (χ0n) is 11.6. The van der Waals surface area contributed by atoms with Crippen LogP contribution in [0.5, 0.6) is 0 Å². The molecule has 3 nitrogen and oxygen atoms in total. The Bertz CT molecular complexity index is 715. The van der Waals surface area contributed by atoms with E-state index < -0.39 is 17.5 Å². The van der Waals surface area contributed by atoms with Gasteiger partial charge >= 0.3 is 0 Å². The van der Waals surface area contributed by atoms with Crippen LogP contribution in [0.1, 0.15) is 28.2 Å². The van der Waals surface area contributed by atoms with E-state index >= 15 is 0 Å². The van der Waals surface area contributed by atoms with Gasteiger partial charge in [-0.1, -0.05) is 6.07 Å². The molecule has 1 aliphatic heterocycles. The average Bonchev–Trinajstić information content (AvgIpc) is 2.50. The fourth-order valence-electron chi connectivity index (χ4n) is 2.64. The van der Waals surface area contributed by atoms with E-state index in [1.165, 1.54) is 4.90 Å². The van der Waals surface area contributed by atoms with Crippen LogP contribution in [0.15, 0.2) is 30.3 Å². The lowest BCUT2D eigenvalue weighted by molar-refractivity contribution is 0.0979. The van der Waals surface area contributed by atoms with E-state index in [1.807, 2.05) is 0 Å². The van der Waals surface area contributed by atoms with Crippen molar-refractivity contribution in [1.29, 1.82) is 0 Å². The molecule has 0 unspecified atom stereocenters. The number of amides is 1. The molecule has 21 heavy (non-hydrogen) atoms. The molecule has 1 amide bonds. The van der Waals surface area contributed by atoms with Crippen LogP contribution < -0.4 is 4.90 Å². The first-order valence-corrected chi connectivity index (χ1v) is 6.80. The number of hydrogen-bond acceptors (Lipinski definition) is 2. The Kier molecular flexibility index (Phi) is 3.41. The number of benzene rings is 1. The first-order valence-electron chi connectivity index (χ1n) is 6.80. The maximum Gasteiger partial charge on any atom is 0.276 e. The summed E-state index contributed by atoms with van der Waals surface area (Å²) in [7, 11) is 0. The number of carbonyl (C=O) groups is 1. The van der Waals surface area contributed by atoms with Crippen molar-refractivity contribution in [3.8, 4) is 0 Å². The van der Waals surface area contributed by atoms with Gasteiger partial charge in [0.15, 0.2) is 0 Å². The summed E-state index contributed by atoms with van der Waals surface area (Å²) in [5.74, 6) is -1.45. The van der Waals surface area contributed by atoms with E-state index in [0.29, 0.717) is 25.1 Å². The molecule has 0 fully saturated rings. The number of carbonyl (C=O) groups excluding carboxylic acids is 1. The smallest absolute Gasteiger partial charge is 0.276 e. The van der Waals surface area contributed by atoms with Gasteiger partial charge in [-0.2, -0.15) is 0 Å². The number of pyridine rings is 1. The average molecular weight is 288 g/mol. The second kappa shape index (κ2) is 5.24.